The number of rotatable bonds is 9. The van der Waals surface area contributed by atoms with Gasteiger partial charge in [0, 0.05) is 17.5 Å². The highest BCUT2D eigenvalue weighted by molar-refractivity contribution is 7.91. The quantitative estimate of drug-likeness (QED) is 0.207. The van der Waals surface area contributed by atoms with Crippen LogP contribution in [0.3, 0.4) is 0 Å². The summed E-state index contributed by atoms with van der Waals surface area (Å²) in [4.78, 5) is 12.5. The number of benzene rings is 2. The maximum atomic E-state index is 14.8. The number of hydrogen-bond donors (Lipinski definition) is 0. The van der Waals surface area contributed by atoms with Crippen LogP contribution in [-0.2, 0) is 16.0 Å². The van der Waals surface area contributed by atoms with Crippen LogP contribution < -0.4 is 0 Å². The van der Waals surface area contributed by atoms with E-state index in [0.29, 0.717) is 18.2 Å². The summed E-state index contributed by atoms with van der Waals surface area (Å²) in [6.45, 7) is 1.02. The van der Waals surface area contributed by atoms with Crippen molar-refractivity contribution in [2.24, 2.45) is 5.92 Å². The van der Waals surface area contributed by atoms with Crippen molar-refractivity contribution in [2.75, 3.05) is 11.5 Å². The first-order valence-electron chi connectivity index (χ1n) is 10.9. The van der Waals surface area contributed by atoms with Crippen LogP contribution in [0.15, 0.2) is 42.5 Å². The first-order valence-corrected chi connectivity index (χ1v) is 13.1. The summed E-state index contributed by atoms with van der Waals surface area (Å²) >= 11 is 5.44. The molecule has 0 aliphatic heterocycles. The van der Waals surface area contributed by atoms with Gasteiger partial charge in [-0.05, 0) is 35.8 Å². The smallest absolute Gasteiger partial charge is 0.294 e. The van der Waals surface area contributed by atoms with E-state index in [9.17, 15) is 61.5 Å². The Kier molecular flexibility index (Phi) is 10.1. The van der Waals surface area contributed by atoms with Gasteiger partial charge < -0.3 is 0 Å². The molecule has 2 aromatic rings. The second-order valence-corrected chi connectivity index (χ2v) is 11.4. The van der Waals surface area contributed by atoms with Crippen LogP contribution in [0.25, 0.3) is 5.83 Å². The lowest BCUT2D eigenvalue weighted by molar-refractivity contribution is -0.140. The molecule has 0 heterocycles. The van der Waals surface area contributed by atoms with Crippen molar-refractivity contribution in [1.29, 1.82) is 0 Å². The van der Waals surface area contributed by atoms with Gasteiger partial charge in [0.15, 0.2) is 15.6 Å². The minimum absolute atomic E-state index is 0.0556. The molecule has 0 amide bonds. The number of hydrogen-bond acceptors (Lipinski definition) is 3. The van der Waals surface area contributed by atoms with Gasteiger partial charge in [-0.15, -0.1) is 0 Å². The van der Waals surface area contributed by atoms with Gasteiger partial charge >= 0.3 is 18.5 Å². The SMILES string of the molecule is C[C@@H](CC(=O)c1ccc(/C(F)=C/C(c2ccc(Cl)c(F)c2)C(F)(F)F)cc1C(F)(F)F)CS(=O)(=O)CC(F)(F)F. The average molecular weight is 631 g/mol. The van der Waals surface area contributed by atoms with E-state index in [-0.39, 0.29) is 12.1 Å². The molecule has 0 radical (unpaired) electrons. The van der Waals surface area contributed by atoms with Crippen molar-refractivity contribution in [3.63, 3.8) is 0 Å². The Hall–Kier alpha value is -2.68. The number of ketones is 1. The van der Waals surface area contributed by atoms with Gasteiger partial charge in [0.25, 0.3) is 0 Å². The normalized spacial score (nSPS) is 15.2. The van der Waals surface area contributed by atoms with Crippen LogP contribution >= 0.6 is 11.6 Å². The van der Waals surface area contributed by atoms with Crippen LogP contribution in [0, 0.1) is 11.7 Å². The Bertz CT molecular complexity index is 1380. The number of carbonyl (C=O) groups excluding carboxylic acids is 1. The zero-order chi connectivity index (χ0) is 30.8. The molecular weight excluding hydrogens is 613 g/mol. The molecule has 2 atom stereocenters. The van der Waals surface area contributed by atoms with E-state index in [1.54, 1.807) is 0 Å². The zero-order valence-corrected chi connectivity index (χ0v) is 21.6. The number of carbonyl (C=O) groups is 1. The molecule has 3 nitrogen and oxygen atoms in total. The third-order valence-electron chi connectivity index (χ3n) is 5.33. The maximum Gasteiger partial charge on any atom is 0.417 e. The molecule has 0 saturated heterocycles. The van der Waals surface area contributed by atoms with E-state index in [1.165, 1.54) is 0 Å². The van der Waals surface area contributed by atoms with Gasteiger partial charge in [0.1, 0.15) is 23.3 Å². The molecule has 0 aliphatic rings. The van der Waals surface area contributed by atoms with Gasteiger partial charge in [-0.3, -0.25) is 4.79 Å². The third kappa shape index (κ3) is 9.46. The maximum absolute atomic E-state index is 14.8. The number of sulfone groups is 1. The van der Waals surface area contributed by atoms with Gasteiger partial charge in [-0.1, -0.05) is 36.7 Å². The lowest BCUT2D eigenvalue weighted by Gasteiger charge is -2.19. The molecule has 2 aromatic carbocycles. The van der Waals surface area contributed by atoms with Gasteiger partial charge in [0.2, 0.25) is 0 Å². The first-order chi connectivity index (χ1) is 18.0. The van der Waals surface area contributed by atoms with Gasteiger partial charge in [-0.25, -0.2) is 17.2 Å². The summed E-state index contributed by atoms with van der Waals surface area (Å²) in [5, 5.41) is -0.531. The van der Waals surface area contributed by atoms with Gasteiger partial charge in [-0.2, -0.15) is 39.5 Å². The van der Waals surface area contributed by atoms with Crippen molar-refractivity contribution in [2.45, 2.75) is 37.8 Å². The van der Waals surface area contributed by atoms with E-state index in [0.717, 1.165) is 19.1 Å². The van der Waals surface area contributed by atoms with Crippen molar-refractivity contribution < 1.29 is 61.5 Å². The first kappa shape index (κ1) is 33.5. The Morgan fingerprint density at radius 2 is 1.57 bits per heavy atom. The van der Waals surface area contributed by atoms with Crippen LogP contribution in [-0.4, -0.2) is 38.1 Å². The molecule has 0 aromatic heterocycles. The summed E-state index contributed by atoms with van der Waals surface area (Å²) in [6, 6.07) is 2.97. The van der Waals surface area contributed by atoms with Crippen LogP contribution in [0.5, 0.6) is 0 Å². The molecule has 0 aliphatic carbocycles. The Morgan fingerprint density at radius 1 is 0.975 bits per heavy atom. The highest BCUT2D eigenvalue weighted by atomic mass is 35.5. The van der Waals surface area contributed by atoms with Crippen LogP contribution in [0.2, 0.25) is 5.02 Å². The standard InChI is InChI=1S/C24H18ClF11O3S/c1-12(10-40(38,39)11-22(28,29)30)6-21(37)15-4-2-14(7-17(15)24(34,35)36)19(26)9-16(23(31,32)33)13-3-5-18(25)20(27)8-13/h2-5,7-9,12,16H,6,10-11H2,1H3/b19-9-/t12-,16?/m0/s1. The van der Waals surface area contributed by atoms with Crippen molar-refractivity contribution in [3.8, 4) is 0 Å². The fourth-order valence-electron chi connectivity index (χ4n) is 3.73. The third-order valence-corrected chi connectivity index (χ3v) is 7.48. The predicted octanol–water partition coefficient (Wildman–Crippen LogP) is 8.34. The van der Waals surface area contributed by atoms with Gasteiger partial charge in [0.05, 0.1) is 16.3 Å². The Morgan fingerprint density at radius 3 is 2.08 bits per heavy atom. The lowest BCUT2D eigenvalue weighted by Crippen LogP contribution is -2.28. The molecule has 0 saturated carbocycles. The van der Waals surface area contributed by atoms with Crippen molar-refractivity contribution in [1.82, 2.24) is 0 Å². The fraction of sp³-hybridized carbons (Fsp3) is 0.375. The minimum atomic E-state index is -5.34. The average Bonchev–Trinajstić information content (AvgIpc) is 2.75. The summed E-state index contributed by atoms with van der Waals surface area (Å²) in [5.41, 5.74) is -4.70. The summed E-state index contributed by atoms with van der Waals surface area (Å²) in [6.07, 6.45) is -16.6. The Labute approximate surface area is 225 Å². The Balaban J connectivity index is 2.43. The van der Waals surface area contributed by atoms with Crippen LogP contribution in [0.4, 0.5) is 48.3 Å². The second-order valence-electron chi connectivity index (χ2n) is 8.87. The minimum Gasteiger partial charge on any atom is -0.294 e. The molecule has 0 fully saturated rings. The summed E-state index contributed by atoms with van der Waals surface area (Å²) < 4.78 is 171. The molecule has 222 valence electrons. The molecule has 16 heteroatoms. The van der Waals surface area contributed by atoms with E-state index in [1.807, 2.05) is 0 Å². The van der Waals surface area contributed by atoms with Crippen LogP contribution in [0.1, 0.15) is 46.3 Å². The molecule has 0 bridgehead atoms. The molecule has 1 unspecified atom stereocenters. The van der Waals surface area contributed by atoms with E-state index in [2.05, 4.69) is 0 Å². The second kappa shape index (κ2) is 12.0. The molecule has 0 spiro atoms. The zero-order valence-electron chi connectivity index (χ0n) is 20.0. The highest BCUT2D eigenvalue weighted by Crippen LogP contribution is 2.40. The summed E-state index contributed by atoms with van der Waals surface area (Å²) in [7, 11) is -4.75. The highest BCUT2D eigenvalue weighted by Gasteiger charge is 2.41. The summed E-state index contributed by atoms with van der Waals surface area (Å²) in [5.74, 6) is -11.9. The fourth-order valence-corrected chi connectivity index (χ4v) is 5.44. The molecule has 40 heavy (non-hydrogen) atoms. The van der Waals surface area contributed by atoms with E-state index < -0.39 is 103 Å². The number of halogens is 12. The predicted molar refractivity (Wildman–Crippen MR) is 124 cm³/mol. The number of alkyl halides is 9. The molecule has 2 rings (SSSR count). The molecule has 0 N–H and O–H groups in total. The largest absolute Gasteiger partial charge is 0.417 e. The van der Waals surface area contributed by atoms with Crippen molar-refractivity contribution in [3.05, 3.63) is 75.6 Å². The van der Waals surface area contributed by atoms with E-state index in [4.69, 9.17) is 11.6 Å². The molecular formula is C24H18ClF11O3S. The number of Topliss-reactive ketones (excluding diaryl/α,β-unsaturated/α-hetero) is 1. The topological polar surface area (TPSA) is 51.2 Å². The van der Waals surface area contributed by atoms with Crippen molar-refractivity contribution >= 4 is 33.0 Å². The van der Waals surface area contributed by atoms with E-state index >= 15 is 0 Å². The number of allylic oxidation sites excluding steroid dienone is 1. The monoisotopic (exact) mass is 630 g/mol. The lowest BCUT2D eigenvalue weighted by atomic mass is 9.93.